The number of ether oxygens (including phenoxy) is 1. The molecule has 4 heterocycles. The van der Waals surface area contributed by atoms with Crippen molar-refractivity contribution in [1.82, 2.24) is 30.1 Å². The van der Waals surface area contributed by atoms with E-state index in [1.54, 1.807) is 30.7 Å². The van der Waals surface area contributed by atoms with Gasteiger partial charge in [-0.05, 0) is 56.0 Å². The second kappa shape index (κ2) is 8.50. The molecule has 1 aliphatic heterocycles. The zero-order valence-corrected chi connectivity index (χ0v) is 17.0. The van der Waals surface area contributed by atoms with Gasteiger partial charge in [0.15, 0.2) is 5.82 Å². The van der Waals surface area contributed by atoms with Crippen molar-refractivity contribution in [1.29, 1.82) is 0 Å². The molecule has 154 valence electrons. The molecule has 0 radical (unpaired) electrons. The van der Waals surface area contributed by atoms with Gasteiger partial charge in [0.05, 0.1) is 23.9 Å². The van der Waals surface area contributed by atoms with E-state index in [4.69, 9.17) is 4.74 Å². The predicted molar refractivity (Wildman–Crippen MR) is 117 cm³/mol. The second-order valence-corrected chi connectivity index (χ2v) is 7.44. The van der Waals surface area contributed by atoms with E-state index in [1.807, 2.05) is 18.2 Å². The number of benzene rings is 1. The third kappa shape index (κ3) is 4.37. The number of nitrogens with zero attached hydrogens (tertiary/aromatic N) is 5. The minimum atomic E-state index is 0.128. The molecular formula is C23H21N7O. The Kier molecular flexibility index (Phi) is 5.25. The van der Waals surface area contributed by atoms with E-state index in [0.717, 1.165) is 35.9 Å². The van der Waals surface area contributed by atoms with Crippen LogP contribution in [0, 0.1) is 11.8 Å². The van der Waals surface area contributed by atoms with Crippen molar-refractivity contribution < 1.29 is 4.74 Å². The molecule has 0 amide bonds. The molecule has 3 aromatic heterocycles. The molecule has 1 saturated heterocycles. The number of rotatable bonds is 4. The van der Waals surface area contributed by atoms with Crippen LogP contribution in [-0.2, 0) is 4.74 Å². The number of nitrogens with one attached hydrogen (secondary N) is 2. The van der Waals surface area contributed by atoms with E-state index in [0.29, 0.717) is 23.2 Å². The van der Waals surface area contributed by atoms with Crippen molar-refractivity contribution >= 4 is 16.9 Å². The molecule has 2 N–H and O–H groups in total. The van der Waals surface area contributed by atoms with Gasteiger partial charge >= 0.3 is 0 Å². The highest BCUT2D eigenvalue weighted by atomic mass is 16.5. The minimum absolute atomic E-state index is 0.128. The first kappa shape index (κ1) is 19.2. The molecule has 1 fully saturated rings. The molecule has 0 aliphatic carbocycles. The van der Waals surface area contributed by atoms with Crippen molar-refractivity contribution in [3.8, 4) is 23.4 Å². The Labute approximate surface area is 179 Å². The maximum atomic E-state index is 5.74. The van der Waals surface area contributed by atoms with Gasteiger partial charge in [0.1, 0.15) is 11.4 Å². The number of H-pyrrole nitrogens is 1. The van der Waals surface area contributed by atoms with Crippen LogP contribution in [0.5, 0.6) is 0 Å². The van der Waals surface area contributed by atoms with Gasteiger partial charge in [-0.1, -0.05) is 5.92 Å². The van der Waals surface area contributed by atoms with Crippen molar-refractivity contribution in [3.05, 3.63) is 60.2 Å². The van der Waals surface area contributed by atoms with Gasteiger partial charge in [-0.15, -0.1) is 0 Å². The van der Waals surface area contributed by atoms with E-state index >= 15 is 0 Å². The Morgan fingerprint density at radius 2 is 2.06 bits per heavy atom. The van der Waals surface area contributed by atoms with Gasteiger partial charge in [0.25, 0.3) is 0 Å². The fourth-order valence-corrected chi connectivity index (χ4v) is 3.55. The van der Waals surface area contributed by atoms with Crippen molar-refractivity contribution in [2.75, 3.05) is 11.9 Å². The first-order chi connectivity index (χ1) is 15.2. The normalized spacial score (nSPS) is 16.6. The number of aromatic nitrogens is 6. The van der Waals surface area contributed by atoms with Gasteiger partial charge in [-0.3, -0.25) is 5.10 Å². The summed E-state index contributed by atoms with van der Waals surface area (Å²) in [6, 6.07) is 9.61. The van der Waals surface area contributed by atoms with Crippen LogP contribution in [0.1, 0.15) is 31.0 Å². The molecule has 8 heteroatoms. The quantitative estimate of drug-likeness (QED) is 0.497. The highest BCUT2D eigenvalue weighted by Gasteiger charge is 2.22. The lowest BCUT2D eigenvalue weighted by Gasteiger charge is -2.19. The van der Waals surface area contributed by atoms with Crippen LogP contribution < -0.4 is 5.32 Å². The standard InChI is InChI=1S/C23H21N7O/c1-15(21-3-2-12-31-21)27-23-25-11-9-20(29-23)22-24-10-8-18(28-22)6-4-16-5-7-19-17(13-16)14-26-30-19/h5,7-11,13-15,21H,2-3,12H2,1H3,(H,26,30)(H,25,27,29). The van der Waals surface area contributed by atoms with E-state index in [2.05, 4.69) is 54.2 Å². The average molecular weight is 411 g/mol. The highest BCUT2D eigenvalue weighted by molar-refractivity contribution is 5.79. The Morgan fingerprint density at radius 3 is 2.97 bits per heavy atom. The molecule has 4 aromatic rings. The van der Waals surface area contributed by atoms with Crippen molar-refractivity contribution in [3.63, 3.8) is 0 Å². The maximum absolute atomic E-state index is 5.74. The van der Waals surface area contributed by atoms with Crippen LogP contribution in [0.25, 0.3) is 22.4 Å². The van der Waals surface area contributed by atoms with Gasteiger partial charge < -0.3 is 10.1 Å². The zero-order chi connectivity index (χ0) is 21.0. The van der Waals surface area contributed by atoms with Crippen molar-refractivity contribution in [2.24, 2.45) is 0 Å². The Hall–Kier alpha value is -3.83. The lowest BCUT2D eigenvalue weighted by molar-refractivity contribution is 0.0994. The largest absolute Gasteiger partial charge is 0.376 e. The van der Waals surface area contributed by atoms with Gasteiger partial charge in [0.2, 0.25) is 5.95 Å². The monoisotopic (exact) mass is 411 g/mol. The predicted octanol–water partition coefficient (Wildman–Crippen LogP) is 3.19. The number of fused-ring (bicyclic) bond motifs is 1. The Morgan fingerprint density at radius 1 is 1.13 bits per heavy atom. The van der Waals surface area contributed by atoms with Gasteiger partial charge in [-0.25, -0.2) is 19.9 Å². The fraction of sp³-hybridized carbons (Fsp3) is 0.261. The summed E-state index contributed by atoms with van der Waals surface area (Å²) >= 11 is 0. The van der Waals surface area contributed by atoms with E-state index in [1.165, 1.54) is 0 Å². The van der Waals surface area contributed by atoms with E-state index in [-0.39, 0.29) is 12.1 Å². The Bertz CT molecular complexity index is 1270. The summed E-state index contributed by atoms with van der Waals surface area (Å²) in [5.41, 5.74) is 3.14. The molecule has 31 heavy (non-hydrogen) atoms. The third-order valence-electron chi connectivity index (χ3n) is 5.19. The van der Waals surface area contributed by atoms with Crippen molar-refractivity contribution in [2.45, 2.75) is 31.9 Å². The number of hydrogen-bond donors (Lipinski definition) is 2. The van der Waals surface area contributed by atoms with E-state index in [9.17, 15) is 0 Å². The number of anilines is 1. The smallest absolute Gasteiger partial charge is 0.223 e. The van der Waals surface area contributed by atoms with Gasteiger partial charge in [0, 0.05) is 30.0 Å². The van der Waals surface area contributed by atoms with E-state index < -0.39 is 0 Å². The SMILES string of the molecule is CC(Nc1nccc(-c2nccc(C#Cc3ccc4[nH]ncc4c3)n2)n1)C1CCCO1. The molecule has 2 atom stereocenters. The topological polar surface area (TPSA) is 102 Å². The van der Waals surface area contributed by atoms with Gasteiger partial charge in [-0.2, -0.15) is 5.10 Å². The molecule has 0 spiro atoms. The number of hydrogen-bond acceptors (Lipinski definition) is 7. The zero-order valence-electron chi connectivity index (χ0n) is 17.0. The van der Waals surface area contributed by atoms with Crippen LogP contribution in [-0.4, -0.2) is 48.9 Å². The first-order valence-electron chi connectivity index (χ1n) is 10.2. The maximum Gasteiger partial charge on any atom is 0.223 e. The summed E-state index contributed by atoms with van der Waals surface area (Å²) < 4.78 is 5.74. The minimum Gasteiger partial charge on any atom is -0.376 e. The molecule has 1 aliphatic rings. The Balaban J connectivity index is 1.35. The summed E-state index contributed by atoms with van der Waals surface area (Å²) in [6.45, 7) is 2.90. The fourth-order valence-electron chi connectivity index (χ4n) is 3.55. The summed E-state index contributed by atoms with van der Waals surface area (Å²) in [4.78, 5) is 17.8. The summed E-state index contributed by atoms with van der Waals surface area (Å²) in [5.74, 6) is 7.30. The molecule has 5 rings (SSSR count). The molecule has 8 nitrogen and oxygen atoms in total. The molecule has 0 saturated carbocycles. The van der Waals surface area contributed by atoms with Crippen LogP contribution in [0.15, 0.2) is 48.9 Å². The average Bonchev–Trinajstić information content (AvgIpc) is 3.50. The summed E-state index contributed by atoms with van der Waals surface area (Å²) in [7, 11) is 0. The van der Waals surface area contributed by atoms with Crippen LogP contribution in [0.2, 0.25) is 0 Å². The lowest BCUT2D eigenvalue weighted by Crippen LogP contribution is -2.30. The molecular weight excluding hydrogens is 390 g/mol. The highest BCUT2D eigenvalue weighted by Crippen LogP contribution is 2.19. The second-order valence-electron chi connectivity index (χ2n) is 7.44. The van der Waals surface area contributed by atoms with Crippen LogP contribution >= 0.6 is 0 Å². The molecule has 0 bridgehead atoms. The first-order valence-corrected chi connectivity index (χ1v) is 10.2. The number of aromatic amines is 1. The lowest BCUT2D eigenvalue weighted by atomic mass is 10.1. The molecule has 1 aromatic carbocycles. The molecule has 2 unspecified atom stereocenters. The van der Waals surface area contributed by atoms with Crippen LogP contribution in [0.3, 0.4) is 0 Å². The summed E-state index contributed by atoms with van der Waals surface area (Å²) in [5, 5.41) is 11.3. The third-order valence-corrected chi connectivity index (χ3v) is 5.19. The summed E-state index contributed by atoms with van der Waals surface area (Å²) in [6.07, 6.45) is 7.50. The van der Waals surface area contributed by atoms with Crippen LogP contribution in [0.4, 0.5) is 5.95 Å².